The third-order valence-corrected chi connectivity index (χ3v) is 3.45. The molecule has 0 saturated carbocycles. The summed E-state index contributed by atoms with van der Waals surface area (Å²) >= 11 is 5.86. The van der Waals surface area contributed by atoms with Gasteiger partial charge in [-0.3, -0.25) is 9.59 Å². The number of ether oxygens (including phenoxy) is 2. The van der Waals surface area contributed by atoms with E-state index in [1.54, 1.807) is 24.3 Å². The van der Waals surface area contributed by atoms with Gasteiger partial charge in [-0.25, -0.2) is 0 Å². The first-order valence-corrected chi connectivity index (χ1v) is 6.73. The van der Waals surface area contributed by atoms with E-state index in [1.807, 2.05) is 0 Å². The number of nitrogens with one attached hydrogen (secondary N) is 1. The van der Waals surface area contributed by atoms with Crippen molar-refractivity contribution >= 4 is 29.1 Å². The average Bonchev–Trinajstić information content (AvgIpc) is 2.96. The number of hydrogen-bond donors (Lipinski definition) is 2. The third kappa shape index (κ3) is 2.68. The monoisotopic (exact) mass is 318 g/mol. The summed E-state index contributed by atoms with van der Waals surface area (Å²) in [6.45, 7) is 0.138. The largest absolute Gasteiger partial charge is 0.454 e. The lowest BCUT2D eigenvalue weighted by Crippen LogP contribution is -2.15. The number of primary amides is 1. The van der Waals surface area contributed by atoms with E-state index >= 15 is 0 Å². The standard InChI is InChI=1S/C15H11ClN2O4/c16-11-3-2-9(6-10(11)14(17)19)18-15(20)8-1-4-12-13(5-8)22-7-21-12/h1-6H,7H2,(H2,17,19)(H,18,20). The molecule has 1 aliphatic heterocycles. The molecular formula is C15H11ClN2O4. The summed E-state index contributed by atoms with van der Waals surface area (Å²) in [4.78, 5) is 23.5. The molecule has 6 nitrogen and oxygen atoms in total. The molecule has 2 aromatic carbocycles. The van der Waals surface area contributed by atoms with Crippen LogP contribution in [0.4, 0.5) is 5.69 Å². The van der Waals surface area contributed by atoms with E-state index in [4.69, 9.17) is 26.8 Å². The van der Waals surface area contributed by atoms with Crippen LogP contribution in [0.25, 0.3) is 0 Å². The van der Waals surface area contributed by atoms with Crippen LogP contribution in [-0.2, 0) is 0 Å². The molecule has 7 heteroatoms. The van der Waals surface area contributed by atoms with Gasteiger partial charge < -0.3 is 20.5 Å². The Morgan fingerprint density at radius 1 is 1.09 bits per heavy atom. The topological polar surface area (TPSA) is 90.7 Å². The molecule has 0 unspecified atom stereocenters. The molecule has 1 aliphatic rings. The highest BCUT2D eigenvalue weighted by atomic mass is 35.5. The van der Waals surface area contributed by atoms with Crippen molar-refractivity contribution in [1.29, 1.82) is 0 Å². The normalized spacial score (nSPS) is 12.0. The Labute approximate surface area is 130 Å². The zero-order chi connectivity index (χ0) is 15.7. The van der Waals surface area contributed by atoms with Gasteiger partial charge in [0, 0.05) is 11.3 Å². The van der Waals surface area contributed by atoms with Crippen LogP contribution in [0.1, 0.15) is 20.7 Å². The summed E-state index contributed by atoms with van der Waals surface area (Å²) in [7, 11) is 0. The maximum atomic E-state index is 12.2. The maximum absolute atomic E-state index is 12.2. The highest BCUT2D eigenvalue weighted by Crippen LogP contribution is 2.32. The molecule has 0 saturated heterocycles. The molecule has 1 heterocycles. The first kappa shape index (κ1) is 14.2. The number of carbonyl (C=O) groups excluding carboxylic acids is 2. The SMILES string of the molecule is NC(=O)c1cc(NC(=O)c2ccc3c(c2)OCO3)ccc1Cl. The Balaban J connectivity index is 1.82. The maximum Gasteiger partial charge on any atom is 0.255 e. The Kier molecular flexibility index (Phi) is 3.60. The zero-order valence-electron chi connectivity index (χ0n) is 11.3. The predicted molar refractivity (Wildman–Crippen MR) is 80.5 cm³/mol. The van der Waals surface area contributed by atoms with Crippen molar-refractivity contribution in [1.82, 2.24) is 0 Å². The Bertz CT molecular complexity index is 776. The number of halogens is 1. The van der Waals surface area contributed by atoms with Gasteiger partial charge in [0.2, 0.25) is 12.7 Å². The quantitative estimate of drug-likeness (QED) is 0.909. The minimum atomic E-state index is -0.663. The number of amides is 2. The Morgan fingerprint density at radius 2 is 1.86 bits per heavy atom. The first-order chi connectivity index (χ1) is 10.5. The van der Waals surface area contributed by atoms with Crippen molar-refractivity contribution in [3.05, 3.63) is 52.5 Å². The van der Waals surface area contributed by atoms with Crippen LogP contribution in [0.3, 0.4) is 0 Å². The Hall–Kier alpha value is -2.73. The smallest absolute Gasteiger partial charge is 0.255 e. The van der Waals surface area contributed by atoms with Crippen LogP contribution in [0.15, 0.2) is 36.4 Å². The molecule has 0 atom stereocenters. The fourth-order valence-corrected chi connectivity index (χ4v) is 2.24. The van der Waals surface area contributed by atoms with Crippen molar-refractivity contribution in [3.8, 4) is 11.5 Å². The third-order valence-electron chi connectivity index (χ3n) is 3.12. The minimum Gasteiger partial charge on any atom is -0.454 e. The second kappa shape index (κ2) is 5.57. The van der Waals surface area contributed by atoms with Gasteiger partial charge in [0.15, 0.2) is 11.5 Å². The van der Waals surface area contributed by atoms with E-state index in [0.29, 0.717) is 22.7 Å². The number of rotatable bonds is 3. The van der Waals surface area contributed by atoms with Crippen molar-refractivity contribution < 1.29 is 19.1 Å². The molecular weight excluding hydrogens is 308 g/mol. The number of anilines is 1. The van der Waals surface area contributed by atoms with Crippen molar-refractivity contribution in [3.63, 3.8) is 0 Å². The van der Waals surface area contributed by atoms with Crippen LogP contribution in [-0.4, -0.2) is 18.6 Å². The van der Waals surface area contributed by atoms with Crippen molar-refractivity contribution in [2.45, 2.75) is 0 Å². The van der Waals surface area contributed by atoms with Gasteiger partial charge in [0.25, 0.3) is 5.91 Å². The second-order valence-electron chi connectivity index (χ2n) is 4.58. The van der Waals surface area contributed by atoms with Crippen LogP contribution < -0.4 is 20.5 Å². The average molecular weight is 319 g/mol. The van der Waals surface area contributed by atoms with E-state index in [-0.39, 0.29) is 23.3 Å². The number of benzene rings is 2. The van der Waals surface area contributed by atoms with Crippen molar-refractivity contribution in [2.24, 2.45) is 5.73 Å². The van der Waals surface area contributed by atoms with Gasteiger partial charge in [0.05, 0.1) is 10.6 Å². The molecule has 0 fully saturated rings. The number of fused-ring (bicyclic) bond motifs is 1. The predicted octanol–water partition coefficient (Wildman–Crippen LogP) is 2.42. The molecule has 3 N–H and O–H groups in total. The molecule has 0 aromatic heterocycles. The molecule has 2 aromatic rings. The summed E-state index contributed by atoms with van der Waals surface area (Å²) < 4.78 is 10.4. The van der Waals surface area contributed by atoms with Crippen LogP contribution in [0, 0.1) is 0 Å². The van der Waals surface area contributed by atoms with E-state index in [1.165, 1.54) is 12.1 Å². The van der Waals surface area contributed by atoms with Gasteiger partial charge in [-0.2, -0.15) is 0 Å². The molecule has 2 amide bonds. The van der Waals surface area contributed by atoms with E-state index in [9.17, 15) is 9.59 Å². The minimum absolute atomic E-state index is 0.138. The molecule has 0 aliphatic carbocycles. The highest BCUT2D eigenvalue weighted by molar-refractivity contribution is 6.34. The number of nitrogens with two attached hydrogens (primary N) is 1. The summed E-state index contributed by atoms with van der Waals surface area (Å²) in [5.74, 6) is 0.0980. The van der Waals surface area contributed by atoms with Gasteiger partial charge in [-0.05, 0) is 36.4 Å². The van der Waals surface area contributed by atoms with Crippen LogP contribution in [0.5, 0.6) is 11.5 Å². The van der Waals surface area contributed by atoms with E-state index in [0.717, 1.165) is 0 Å². The molecule has 3 rings (SSSR count). The van der Waals surface area contributed by atoms with Crippen molar-refractivity contribution in [2.75, 3.05) is 12.1 Å². The van der Waals surface area contributed by atoms with Crippen LogP contribution in [0.2, 0.25) is 5.02 Å². The molecule has 112 valence electrons. The van der Waals surface area contributed by atoms with Gasteiger partial charge in [-0.15, -0.1) is 0 Å². The summed E-state index contributed by atoms with van der Waals surface area (Å²) in [5.41, 5.74) is 6.18. The van der Waals surface area contributed by atoms with Gasteiger partial charge in [0.1, 0.15) is 0 Å². The second-order valence-corrected chi connectivity index (χ2v) is 4.99. The highest BCUT2D eigenvalue weighted by Gasteiger charge is 2.17. The van der Waals surface area contributed by atoms with Gasteiger partial charge in [-0.1, -0.05) is 11.6 Å². The fraction of sp³-hybridized carbons (Fsp3) is 0.0667. The molecule has 0 spiro atoms. The van der Waals surface area contributed by atoms with E-state index < -0.39 is 5.91 Å². The Morgan fingerprint density at radius 3 is 2.64 bits per heavy atom. The summed E-state index contributed by atoms with van der Waals surface area (Å²) in [5, 5.41) is 2.90. The van der Waals surface area contributed by atoms with E-state index in [2.05, 4.69) is 5.32 Å². The summed E-state index contributed by atoms with van der Waals surface area (Å²) in [6.07, 6.45) is 0. The fourth-order valence-electron chi connectivity index (χ4n) is 2.03. The number of carbonyl (C=O) groups is 2. The first-order valence-electron chi connectivity index (χ1n) is 6.35. The summed E-state index contributed by atoms with van der Waals surface area (Å²) in [6, 6.07) is 9.37. The lowest BCUT2D eigenvalue weighted by Gasteiger charge is -2.08. The van der Waals surface area contributed by atoms with Gasteiger partial charge >= 0.3 is 0 Å². The lowest BCUT2D eigenvalue weighted by atomic mass is 10.1. The van der Waals surface area contributed by atoms with Crippen LogP contribution >= 0.6 is 11.6 Å². The number of hydrogen-bond acceptors (Lipinski definition) is 4. The lowest BCUT2D eigenvalue weighted by molar-refractivity contribution is 0.0996. The zero-order valence-corrected chi connectivity index (χ0v) is 12.0. The molecule has 22 heavy (non-hydrogen) atoms. The molecule has 0 radical (unpaired) electrons. The molecule has 0 bridgehead atoms.